The molecule has 1 N–H and O–H groups in total. The minimum Gasteiger partial charge on any atom is -0.371 e. The smallest absolute Gasteiger partial charge is 0.182 e. The van der Waals surface area contributed by atoms with Crippen molar-refractivity contribution >= 4 is 16.5 Å². The monoisotopic (exact) mass is 290 g/mol. The highest BCUT2D eigenvalue weighted by Crippen LogP contribution is 2.33. The number of rotatable bonds is 5. The Balaban J connectivity index is 1.46. The van der Waals surface area contributed by atoms with Crippen molar-refractivity contribution in [2.45, 2.75) is 38.0 Å². The highest BCUT2D eigenvalue weighted by Gasteiger charge is 2.31. The van der Waals surface area contributed by atoms with Gasteiger partial charge in [-0.2, -0.15) is 5.10 Å². The predicted molar refractivity (Wildman–Crippen MR) is 77.8 cm³/mol. The largest absolute Gasteiger partial charge is 0.371 e. The maximum Gasteiger partial charge on any atom is 0.182 e. The van der Waals surface area contributed by atoms with Crippen molar-refractivity contribution in [2.24, 2.45) is 5.92 Å². The van der Waals surface area contributed by atoms with Crippen LogP contribution in [-0.4, -0.2) is 27.4 Å². The van der Waals surface area contributed by atoms with Gasteiger partial charge in [0.25, 0.3) is 0 Å². The molecule has 0 radical (unpaired) electrons. The lowest BCUT2D eigenvalue weighted by Crippen LogP contribution is -2.22. The van der Waals surface area contributed by atoms with E-state index in [1.807, 2.05) is 17.8 Å². The molecule has 4 rings (SSSR count). The number of nitrogens with one attached hydrogen (secondary N) is 1. The molecular formula is C14H18N4OS. The summed E-state index contributed by atoms with van der Waals surface area (Å²) in [7, 11) is 0. The summed E-state index contributed by atoms with van der Waals surface area (Å²) in [5.41, 5.74) is 1.18. The third-order valence-corrected chi connectivity index (χ3v) is 4.66. The van der Waals surface area contributed by atoms with Gasteiger partial charge in [-0.3, -0.25) is 4.68 Å². The predicted octanol–water partition coefficient (Wildman–Crippen LogP) is 2.69. The average molecular weight is 290 g/mol. The molecule has 1 saturated carbocycles. The first-order valence-electron chi connectivity index (χ1n) is 7.18. The Kier molecular flexibility index (Phi) is 3.20. The highest BCUT2D eigenvalue weighted by atomic mass is 32.1. The van der Waals surface area contributed by atoms with Gasteiger partial charge in [0, 0.05) is 36.5 Å². The molecule has 2 atom stereocenters. The molecular weight excluding hydrogens is 272 g/mol. The highest BCUT2D eigenvalue weighted by molar-refractivity contribution is 7.13. The Morgan fingerprint density at radius 2 is 2.35 bits per heavy atom. The second-order valence-electron chi connectivity index (χ2n) is 5.61. The molecule has 1 aliphatic carbocycles. The molecule has 3 heterocycles. The van der Waals surface area contributed by atoms with Crippen molar-refractivity contribution in [3.05, 3.63) is 29.5 Å². The molecule has 2 aromatic heterocycles. The molecule has 1 saturated heterocycles. The number of anilines is 1. The second-order valence-corrected chi connectivity index (χ2v) is 6.50. The molecule has 0 spiro atoms. The van der Waals surface area contributed by atoms with Crippen LogP contribution in [0.1, 0.15) is 30.9 Å². The van der Waals surface area contributed by atoms with Crippen molar-refractivity contribution in [1.82, 2.24) is 14.8 Å². The molecule has 2 aliphatic rings. The number of aromatic nitrogens is 3. The molecule has 0 bridgehead atoms. The molecule has 0 amide bonds. The summed E-state index contributed by atoms with van der Waals surface area (Å²) in [6.07, 6.45) is 9.72. The molecule has 5 nitrogen and oxygen atoms in total. The minimum atomic E-state index is 0.0897. The van der Waals surface area contributed by atoms with Crippen LogP contribution in [0.3, 0.4) is 0 Å². The first kappa shape index (κ1) is 12.3. The van der Waals surface area contributed by atoms with Crippen LogP contribution in [0.2, 0.25) is 0 Å². The van der Waals surface area contributed by atoms with Gasteiger partial charge in [0.15, 0.2) is 5.13 Å². The minimum absolute atomic E-state index is 0.0897. The average Bonchev–Trinajstić information content (AvgIpc) is 2.90. The second kappa shape index (κ2) is 5.18. The first-order chi connectivity index (χ1) is 9.88. The van der Waals surface area contributed by atoms with Gasteiger partial charge in [-0.05, 0) is 25.2 Å². The molecule has 0 aromatic carbocycles. The van der Waals surface area contributed by atoms with E-state index in [2.05, 4.69) is 26.3 Å². The summed E-state index contributed by atoms with van der Waals surface area (Å²) >= 11 is 1.63. The number of hydrogen-bond acceptors (Lipinski definition) is 5. The lowest BCUT2D eigenvalue weighted by molar-refractivity contribution is 0.107. The molecule has 2 fully saturated rings. The van der Waals surface area contributed by atoms with E-state index in [0.29, 0.717) is 6.04 Å². The van der Waals surface area contributed by atoms with E-state index >= 15 is 0 Å². The van der Waals surface area contributed by atoms with Crippen LogP contribution in [0.15, 0.2) is 24.0 Å². The summed E-state index contributed by atoms with van der Waals surface area (Å²) in [5.74, 6) is 0.844. The maximum absolute atomic E-state index is 5.90. The first-order valence-corrected chi connectivity index (χ1v) is 8.06. The molecule has 6 heteroatoms. The topological polar surface area (TPSA) is 52.0 Å². The van der Waals surface area contributed by atoms with Crippen molar-refractivity contribution in [1.29, 1.82) is 0 Å². The van der Waals surface area contributed by atoms with E-state index in [9.17, 15) is 0 Å². The Morgan fingerprint density at radius 3 is 3.15 bits per heavy atom. The van der Waals surface area contributed by atoms with Crippen LogP contribution in [0.4, 0.5) is 5.13 Å². The standard InChI is InChI=1S/C14H18N4OS/c1-2-10(1)8-18-9-11(7-16-18)13-12(3-5-19-13)17-14-15-4-6-20-14/h4,6-7,9-10,12-13H,1-3,5,8H2,(H,15,17)/t12-,13+/m1/s1. The fraction of sp³-hybridized carbons (Fsp3) is 0.571. The van der Waals surface area contributed by atoms with E-state index < -0.39 is 0 Å². The van der Waals surface area contributed by atoms with Gasteiger partial charge >= 0.3 is 0 Å². The van der Waals surface area contributed by atoms with Crippen LogP contribution in [0, 0.1) is 5.92 Å². The number of hydrogen-bond donors (Lipinski definition) is 1. The zero-order valence-electron chi connectivity index (χ0n) is 11.2. The van der Waals surface area contributed by atoms with E-state index in [-0.39, 0.29) is 6.10 Å². The van der Waals surface area contributed by atoms with Crippen molar-refractivity contribution in [3.63, 3.8) is 0 Å². The van der Waals surface area contributed by atoms with Crippen molar-refractivity contribution in [3.8, 4) is 0 Å². The van der Waals surface area contributed by atoms with Crippen LogP contribution >= 0.6 is 11.3 Å². The molecule has 1 aliphatic heterocycles. The number of nitrogens with zero attached hydrogens (tertiary/aromatic N) is 3. The van der Waals surface area contributed by atoms with Crippen molar-refractivity contribution < 1.29 is 4.74 Å². The van der Waals surface area contributed by atoms with Gasteiger partial charge < -0.3 is 10.1 Å². The third kappa shape index (κ3) is 2.58. The Morgan fingerprint density at radius 1 is 1.40 bits per heavy atom. The van der Waals surface area contributed by atoms with Gasteiger partial charge in [-0.15, -0.1) is 11.3 Å². The summed E-state index contributed by atoms with van der Waals surface area (Å²) in [5, 5.41) is 10.9. The number of ether oxygens (including phenoxy) is 1. The summed E-state index contributed by atoms with van der Waals surface area (Å²) in [6, 6.07) is 0.291. The molecule has 0 unspecified atom stereocenters. The fourth-order valence-corrected chi connectivity index (χ4v) is 3.30. The zero-order chi connectivity index (χ0) is 13.4. The Labute approximate surface area is 122 Å². The normalized spacial score (nSPS) is 26.0. The van der Waals surface area contributed by atoms with E-state index in [0.717, 1.165) is 30.6 Å². The van der Waals surface area contributed by atoms with Crippen LogP contribution in [0.5, 0.6) is 0 Å². The number of thiazole rings is 1. The summed E-state index contributed by atoms with van der Waals surface area (Å²) in [6.45, 7) is 1.85. The lowest BCUT2D eigenvalue weighted by Gasteiger charge is -2.18. The Bertz CT molecular complexity index is 564. The Hall–Kier alpha value is -1.40. The van der Waals surface area contributed by atoms with Crippen LogP contribution in [-0.2, 0) is 11.3 Å². The summed E-state index contributed by atoms with van der Waals surface area (Å²) in [4.78, 5) is 4.29. The van der Waals surface area contributed by atoms with Gasteiger partial charge in [-0.25, -0.2) is 4.98 Å². The van der Waals surface area contributed by atoms with Gasteiger partial charge in [-0.1, -0.05) is 0 Å². The summed E-state index contributed by atoms with van der Waals surface area (Å²) < 4.78 is 7.96. The van der Waals surface area contributed by atoms with Gasteiger partial charge in [0.1, 0.15) is 6.10 Å². The third-order valence-electron chi connectivity index (χ3n) is 3.96. The van der Waals surface area contributed by atoms with E-state index in [4.69, 9.17) is 4.74 Å². The molecule has 106 valence electrons. The van der Waals surface area contributed by atoms with Crippen molar-refractivity contribution in [2.75, 3.05) is 11.9 Å². The fourth-order valence-electron chi connectivity index (χ4n) is 2.71. The van der Waals surface area contributed by atoms with Gasteiger partial charge in [0.05, 0.1) is 12.2 Å². The maximum atomic E-state index is 5.90. The SMILES string of the molecule is c1csc(N[C@@H]2CCO[C@H]2c2cnn(CC3CC3)c2)n1. The molecule has 2 aromatic rings. The van der Waals surface area contributed by atoms with E-state index in [1.165, 1.54) is 18.4 Å². The lowest BCUT2D eigenvalue weighted by atomic mass is 10.1. The zero-order valence-corrected chi connectivity index (χ0v) is 12.1. The molecule has 20 heavy (non-hydrogen) atoms. The van der Waals surface area contributed by atoms with Gasteiger partial charge in [0.2, 0.25) is 0 Å². The van der Waals surface area contributed by atoms with Crippen LogP contribution in [0.25, 0.3) is 0 Å². The van der Waals surface area contributed by atoms with Crippen LogP contribution < -0.4 is 5.32 Å². The quantitative estimate of drug-likeness (QED) is 0.920. The van der Waals surface area contributed by atoms with E-state index in [1.54, 1.807) is 11.3 Å².